The number of anilines is 1. The highest BCUT2D eigenvalue weighted by Crippen LogP contribution is 2.32. The number of sulfonamides is 1. The zero-order chi connectivity index (χ0) is 21.3. The van der Waals surface area contributed by atoms with Crippen molar-refractivity contribution < 1.29 is 13.2 Å². The summed E-state index contributed by atoms with van der Waals surface area (Å²) in [7, 11) is -3.71. The van der Waals surface area contributed by atoms with E-state index in [1.54, 1.807) is 18.2 Å². The van der Waals surface area contributed by atoms with Crippen LogP contribution in [0.4, 0.5) is 5.69 Å². The topological polar surface area (TPSA) is 69.7 Å². The van der Waals surface area contributed by atoms with Crippen LogP contribution >= 0.6 is 0 Å². The monoisotopic (exact) mass is 427 g/mol. The smallest absolute Gasteiger partial charge is 0.264 e. The molecule has 4 rings (SSSR count). The number of nitrogens with zero attached hydrogens (tertiary/aromatic N) is 2. The van der Waals surface area contributed by atoms with Crippen molar-refractivity contribution in [1.82, 2.24) is 10.2 Å². The third-order valence-electron chi connectivity index (χ3n) is 6.13. The predicted molar refractivity (Wildman–Crippen MR) is 118 cm³/mol. The minimum atomic E-state index is -3.71. The minimum Gasteiger partial charge on any atom is -0.352 e. The van der Waals surface area contributed by atoms with Gasteiger partial charge in [-0.05, 0) is 69.0 Å². The summed E-state index contributed by atoms with van der Waals surface area (Å²) in [6.07, 6.45) is 1.77. The average molecular weight is 428 g/mol. The number of amides is 1. The molecule has 1 atom stereocenters. The second-order valence-electron chi connectivity index (χ2n) is 8.44. The van der Waals surface area contributed by atoms with Gasteiger partial charge in [-0.25, -0.2) is 8.42 Å². The number of benzene rings is 2. The highest BCUT2D eigenvalue weighted by molar-refractivity contribution is 7.92. The van der Waals surface area contributed by atoms with Gasteiger partial charge in [-0.2, -0.15) is 0 Å². The molecule has 2 heterocycles. The van der Waals surface area contributed by atoms with Crippen molar-refractivity contribution in [3.05, 3.63) is 59.7 Å². The lowest BCUT2D eigenvalue weighted by Crippen LogP contribution is -2.33. The molecule has 2 aliphatic heterocycles. The summed E-state index contributed by atoms with van der Waals surface area (Å²) in [5, 5.41) is 2.99. The fourth-order valence-electron chi connectivity index (χ4n) is 4.32. The van der Waals surface area contributed by atoms with E-state index in [1.807, 2.05) is 24.3 Å². The molecule has 160 valence electrons. The van der Waals surface area contributed by atoms with Crippen molar-refractivity contribution >= 4 is 21.6 Å². The SMILES string of the molecule is CC(C)N1CCC(CNC(=O)c2cccc(S(=O)(=O)N3CCc4ccccc43)c2)C1. The first-order chi connectivity index (χ1) is 14.4. The Morgan fingerprint density at radius 2 is 1.93 bits per heavy atom. The van der Waals surface area contributed by atoms with Crippen molar-refractivity contribution in [3.8, 4) is 0 Å². The summed E-state index contributed by atoms with van der Waals surface area (Å²) >= 11 is 0. The molecule has 0 saturated carbocycles. The van der Waals surface area contributed by atoms with Gasteiger partial charge < -0.3 is 10.2 Å². The lowest BCUT2D eigenvalue weighted by Gasteiger charge is -2.20. The maximum Gasteiger partial charge on any atom is 0.264 e. The van der Waals surface area contributed by atoms with Gasteiger partial charge >= 0.3 is 0 Å². The number of likely N-dealkylation sites (tertiary alicyclic amines) is 1. The van der Waals surface area contributed by atoms with Gasteiger partial charge in [0.05, 0.1) is 10.6 Å². The van der Waals surface area contributed by atoms with Gasteiger partial charge in [-0.15, -0.1) is 0 Å². The van der Waals surface area contributed by atoms with E-state index in [0.29, 0.717) is 37.0 Å². The van der Waals surface area contributed by atoms with Crippen molar-refractivity contribution in [2.24, 2.45) is 5.92 Å². The van der Waals surface area contributed by atoms with Gasteiger partial charge in [0, 0.05) is 31.2 Å². The molecular formula is C23H29N3O3S. The van der Waals surface area contributed by atoms with Gasteiger partial charge in [0.25, 0.3) is 15.9 Å². The maximum atomic E-state index is 13.2. The Balaban J connectivity index is 1.46. The number of hydrogen-bond acceptors (Lipinski definition) is 4. The quantitative estimate of drug-likeness (QED) is 0.770. The number of nitrogens with one attached hydrogen (secondary N) is 1. The van der Waals surface area contributed by atoms with Gasteiger partial charge in [0.15, 0.2) is 0 Å². The van der Waals surface area contributed by atoms with Crippen LogP contribution in [0.2, 0.25) is 0 Å². The summed E-state index contributed by atoms with van der Waals surface area (Å²) in [6.45, 7) is 7.45. The molecule has 2 aliphatic rings. The molecule has 0 aliphatic carbocycles. The predicted octanol–water partition coefficient (Wildman–Crippen LogP) is 2.90. The summed E-state index contributed by atoms with van der Waals surface area (Å²) in [5.74, 6) is 0.209. The van der Waals surface area contributed by atoms with E-state index in [1.165, 1.54) is 10.4 Å². The largest absolute Gasteiger partial charge is 0.352 e. The first-order valence-corrected chi connectivity index (χ1v) is 12.0. The Morgan fingerprint density at radius 1 is 1.13 bits per heavy atom. The molecule has 1 saturated heterocycles. The Morgan fingerprint density at radius 3 is 2.70 bits per heavy atom. The van der Waals surface area contributed by atoms with Crippen LogP contribution in [-0.4, -0.2) is 51.4 Å². The van der Waals surface area contributed by atoms with Gasteiger partial charge in [-0.3, -0.25) is 9.10 Å². The van der Waals surface area contributed by atoms with E-state index >= 15 is 0 Å². The third kappa shape index (κ3) is 4.09. The number of hydrogen-bond donors (Lipinski definition) is 1. The van der Waals surface area contributed by atoms with E-state index in [4.69, 9.17) is 0 Å². The standard InChI is InChI=1S/C23H29N3O3S/c1-17(2)25-12-10-18(16-25)15-24-23(27)20-7-5-8-21(14-20)30(28,29)26-13-11-19-6-3-4-9-22(19)26/h3-9,14,17-18H,10-13,15-16H2,1-2H3,(H,24,27). The second-order valence-corrected chi connectivity index (χ2v) is 10.3. The molecule has 30 heavy (non-hydrogen) atoms. The first kappa shape index (κ1) is 20.9. The molecule has 0 spiro atoms. The van der Waals surface area contributed by atoms with Crippen molar-refractivity contribution in [2.75, 3.05) is 30.5 Å². The molecule has 1 N–H and O–H groups in total. The van der Waals surface area contributed by atoms with E-state index in [0.717, 1.165) is 30.8 Å². The molecule has 0 aromatic heterocycles. The number of rotatable bonds is 6. The van der Waals surface area contributed by atoms with Crippen molar-refractivity contribution in [3.63, 3.8) is 0 Å². The highest BCUT2D eigenvalue weighted by Gasteiger charge is 2.31. The van der Waals surface area contributed by atoms with Crippen LogP contribution in [-0.2, 0) is 16.4 Å². The summed E-state index contributed by atoms with van der Waals surface area (Å²) < 4.78 is 27.9. The van der Waals surface area contributed by atoms with E-state index < -0.39 is 10.0 Å². The summed E-state index contributed by atoms with van der Waals surface area (Å²) in [6, 6.07) is 14.4. The molecule has 2 aromatic rings. The van der Waals surface area contributed by atoms with Crippen LogP contribution in [0.5, 0.6) is 0 Å². The average Bonchev–Trinajstić information content (AvgIpc) is 3.39. The van der Waals surface area contributed by atoms with Crippen LogP contribution in [0, 0.1) is 5.92 Å². The zero-order valence-corrected chi connectivity index (χ0v) is 18.4. The maximum absolute atomic E-state index is 13.2. The highest BCUT2D eigenvalue weighted by atomic mass is 32.2. The molecule has 2 aromatic carbocycles. The van der Waals surface area contributed by atoms with Crippen LogP contribution in [0.1, 0.15) is 36.2 Å². The number of carbonyl (C=O) groups excluding carboxylic acids is 1. The summed E-state index contributed by atoms with van der Waals surface area (Å²) in [5.41, 5.74) is 2.13. The van der Waals surface area contributed by atoms with Crippen LogP contribution in [0.25, 0.3) is 0 Å². The Bertz CT molecular complexity index is 1040. The van der Waals surface area contributed by atoms with Gasteiger partial charge in [0.2, 0.25) is 0 Å². The van der Waals surface area contributed by atoms with Crippen LogP contribution < -0.4 is 9.62 Å². The van der Waals surface area contributed by atoms with Gasteiger partial charge in [-0.1, -0.05) is 24.3 Å². The second kappa shape index (κ2) is 8.40. The molecule has 0 radical (unpaired) electrons. The van der Waals surface area contributed by atoms with Crippen molar-refractivity contribution in [1.29, 1.82) is 0 Å². The van der Waals surface area contributed by atoms with Crippen molar-refractivity contribution in [2.45, 2.75) is 37.6 Å². The Hall–Kier alpha value is -2.38. The number of carbonyl (C=O) groups is 1. The summed E-state index contributed by atoms with van der Waals surface area (Å²) in [4.78, 5) is 15.2. The normalized spacial score (nSPS) is 19.3. The fraction of sp³-hybridized carbons (Fsp3) is 0.435. The Labute approximate surface area is 178 Å². The molecule has 1 amide bonds. The Kier molecular flexibility index (Phi) is 5.84. The van der Waals surface area contributed by atoms with Crippen LogP contribution in [0.3, 0.4) is 0 Å². The number of para-hydroxylation sites is 1. The first-order valence-electron chi connectivity index (χ1n) is 10.6. The minimum absolute atomic E-state index is 0.152. The molecule has 1 unspecified atom stereocenters. The molecule has 0 bridgehead atoms. The zero-order valence-electron chi connectivity index (χ0n) is 17.5. The van der Waals surface area contributed by atoms with Crippen LogP contribution in [0.15, 0.2) is 53.4 Å². The molecule has 7 heteroatoms. The third-order valence-corrected chi connectivity index (χ3v) is 7.94. The lowest BCUT2D eigenvalue weighted by atomic mass is 10.1. The number of fused-ring (bicyclic) bond motifs is 1. The molecule has 1 fully saturated rings. The fourth-order valence-corrected chi connectivity index (χ4v) is 5.87. The van der Waals surface area contributed by atoms with E-state index in [-0.39, 0.29) is 10.8 Å². The van der Waals surface area contributed by atoms with Gasteiger partial charge in [0.1, 0.15) is 0 Å². The van der Waals surface area contributed by atoms with E-state index in [9.17, 15) is 13.2 Å². The molecule has 6 nitrogen and oxygen atoms in total. The van der Waals surface area contributed by atoms with E-state index in [2.05, 4.69) is 24.1 Å². The molecular weight excluding hydrogens is 398 g/mol. The lowest BCUT2D eigenvalue weighted by molar-refractivity contribution is 0.0947.